The summed E-state index contributed by atoms with van der Waals surface area (Å²) in [5.41, 5.74) is 6.97. The first-order valence-electron chi connectivity index (χ1n) is 16.1. The molecule has 1 heterocycles. The molecule has 3 aromatic carbocycles. The van der Waals surface area contributed by atoms with Crippen LogP contribution in [0.15, 0.2) is 77.8 Å². The fraction of sp³-hybridized carbons (Fsp3) is 0.405. The van der Waals surface area contributed by atoms with Crippen LogP contribution < -0.4 is 24.8 Å². The van der Waals surface area contributed by atoms with E-state index >= 15 is 0 Å². The molecule has 0 saturated carbocycles. The predicted octanol–water partition coefficient (Wildman–Crippen LogP) is 6.49. The molecule has 1 atom stereocenters. The quantitative estimate of drug-likeness (QED) is 0.189. The monoisotopic (exact) mass is 674 g/mol. The molecule has 3 aromatic rings. The number of methoxy groups -OCH3 is 1. The van der Waals surface area contributed by atoms with E-state index in [0.717, 1.165) is 16.0 Å². The van der Waals surface area contributed by atoms with E-state index in [4.69, 9.17) is 29.4 Å². The van der Waals surface area contributed by atoms with E-state index in [1.165, 1.54) is 0 Å². The van der Waals surface area contributed by atoms with E-state index in [1.807, 2.05) is 60.7 Å². The summed E-state index contributed by atoms with van der Waals surface area (Å²) in [5, 5.41) is 0. The highest BCUT2D eigenvalue weighted by Crippen LogP contribution is 2.36. The molecule has 2 N–H and O–H groups in total. The van der Waals surface area contributed by atoms with Gasteiger partial charge in [-0.15, -0.1) is 4.99 Å². The largest absolute Gasteiger partial charge is 0.496 e. The predicted molar refractivity (Wildman–Crippen MR) is 186 cm³/mol. The number of hydrogen-bond acceptors (Lipinski definition) is 8. The third kappa shape index (κ3) is 10.6. The Kier molecular flexibility index (Phi) is 11.8. The van der Waals surface area contributed by atoms with Crippen LogP contribution in [0.25, 0.3) is 0 Å². The summed E-state index contributed by atoms with van der Waals surface area (Å²) in [6.07, 6.45) is -1.65. The fourth-order valence-corrected chi connectivity index (χ4v) is 4.96. The van der Waals surface area contributed by atoms with Gasteiger partial charge in [0.2, 0.25) is 5.96 Å². The zero-order chi connectivity index (χ0) is 35.8. The Bertz CT molecular complexity index is 1640. The number of para-hydroxylation sites is 3. The third-order valence-corrected chi connectivity index (χ3v) is 7.17. The van der Waals surface area contributed by atoms with E-state index in [9.17, 15) is 14.4 Å². The Balaban J connectivity index is 1.37. The first-order valence-corrected chi connectivity index (χ1v) is 16.1. The molecule has 0 bridgehead atoms. The highest BCUT2D eigenvalue weighted by Gasteiger charge is 2.34. The molecule has 3 amide bonds. The molecule has 49 heavy (non-hydrogen) atoms. The van der Waals surface area contributed by atoms with Crippen molar-refractivity contribution in [3.63, 3.8) is 0 Å². The average Bonchev–Trinajstić information content (AvgIpc) is 3.02. The number of fused-ring (bicyclic) bond motifs is 1. The number of nitrogens with zero attached hydrogens (tertiary/aromatic N) is 3. The van der Waals surface area contributed by atoms with E-state index in [2.05, 4.69) is 4.99 Å². The zero-order valence-electron chi connectivity index (χ0n) is 29.2. The van der Waals surface area contributed by atoms with Crippen LogP contribution in [0.5, 0.6) is 17.2 Å². The van der Waals surface area contributed by atoms with Crippen molar-refractivity contribution >= 4 is 29.7 Å². The SMILES string of the molecule is COc1ccccc1CN1C(=O)C(CCOc2ccc(CCN(C(=O)OC(C)(C)C)C(N)=NC(=O)OC(C)(C)C)cc2)Oc2ccccc21. The van der Waals surface area contributed by atoms with Crippen LogP contribution >= 0.6 is 0 Å². The molecule has 1 aliphatic rings. The number of amides is 3. The second kappa shape index (κ2) is 15.8. The van der Waals surface area contributed by atoms with Crippen LogP contribution in [0.4, 0.5) is 15.3 Å². The van der Waals surface area contributed by atoms with E-state index in [-0.39, 0.29) is 25.0 Å². The normalized spacial score (nSPS) is 14.8. The Morgan fingerprint density at radius 2 is 1.57 bits per heavy atom. The van der Waals surface area contributed by atoms with Crippen LogP contribution in [0.1, 0.15) is 59.1 Å². The van der Waals surface area contributed by atoms with Crippen LogP contribution in [0.3, 0.4) is 0 Å². The molecule has 0 aliphatic carbocycles. The smallest absolute Gasteiger partial charge is 0.437 e. The summed E-state index contributed by atoms with van der Waals surface area (Å²) in [5.74, 6) is 1.45. The van der Waals surface area contributed by atoms with Gasteiger partial charge in [0.1, 0.15) is 28.5 Å². The molecule has 12 nitrogen and oxygen atoms in total. The number of carbonyl (C=O) groups excluding carboxylic acids is 3. The minimum atomic E-state index is -0.909. The van der Waals surface area contributed by atoms with Crippen molar-refractivity contribution in [3.05, 3.63) is 83.9 Å². The molecule has 262 valence electrons. The lowest BCUT2D eigenvalue weighted by molar-refractivity contribution is -0.127. The highest BCUT2D eigenvalue weighted by molar-refractivity contribution is 6.00. The number of nitrogens with two attached hydrogens (primary N) is 1. The van der Waals surface area contributed by atoms with Crippen LogP contribution in [0, 0.1) is 0 Å². The van der Waals surface area contributed by atoms with Crippen LogP contribution in [-0.2, 0) is 27.2 Å². The number of benzene rings is 3. The topological polar surface area (TPSA) is 142 Å². The Morgan fingerprint density at radius 3 is 2.24 bits per heavy atom. The van der Waals surface area contributed by atoms with E-state index < -0.39 is 29.5 Å². The number of guanidine groups is 1. The summed E-state index contributed by atoms with van der Waals surface area (Å²) in [7, 11) is 1.61. The molecular weight excluding hydrogens is 628 g/mol. The zero-order valence-corrected chi connectivity index (χ0v) is 29.2. The second-order valence-electron chi connectivity index (χ2n) is 13.4. The number of hydrogen-bond donors (Lipinski definition) is 1. The third-order valence-electron chi connectivity index (χ3n) is 7.17. The van der Waals surface area contributed by atoms with Gasteiger partial charge in [0.05, 0.1) is 25.9 Å². The average molecular weight is 675 g/mol. The Hall–Kier alpha value is -5.26. The number of anilines is 1. The maximum absolute atomic E-state index is 13.6. The maximum atomic E-state index is 13.6. The van der Waals surface area contributed by atoms with Crippen molar-refractivity contribution in [2.24, 2.45) is 10.7 Å². The molecule has 0 radical (unpaired) electrons. The number of carbonyl (C=O) groups is 3. The standard InChI is InChI=1S/C37H46N4O8/c1-36(2,3)48-34(43)39-33(38)40(35(44)49-37(4,5)6)22-20-25-16-18-27(19-17-25)46-23-21-31-32(42)41(28-13-9-11-15-30(28)47-31)24-26-12-8-10-14-29(26)45-7/h8-19,31H,20-24H2,1-7H3,(H2,38,39,43). The summed E-state index contributed by atoms with van der Waals surface area (Å²) in [6, 6.07) is 22.4. The maximum Gasteiger partial charge on any atom is 0.437 e. The molecule has 0 fully saturated rings. The lowest BCUT2D eigenvalue weighted by Gasteiger charge is -2.34. The summed E-state index contributed by atoms with van der Waals surface area (Å²) in [6.45, 7) is 11.0. The van der Waals surface area contributed by atoms with Gasteiger partial charge in [-0.2, -0.15) is 0 Å². The Labute approximate surface area is 287 Å². The van der Waals surface area contributed by atoms with Crippen molar-refractivity contribution in [3.8, 4) is 17.2 Å². The molecule has 12 heteroatoms. The molecule has 1 aliphatic heterocycles. The summed E-state index contributed by atoms with van der Waals surface area (Å²) in [4.78, 5) is 45.4. The van der Waals surface area contributed by atoms with Gasteiger partial charge in [-0.05, 0) is 83.9 Å². The van der Waals surface area contributed by atoms with Gasteiger partial charge < -0.3 is 34.3 Å². The van der Waals surface area contributed by atoms with Crippen molar-refractivity contribution in [2.45, 2.75) is 78.2 Å². The van der Waals surface area contributed by atoms with Gasteiger partial charge in [-0.25, -0.2) is 14.5 Å². The minimum Gasteiger partial charge on any atom is -0.496 e. The van der Waals surface area contributed by atoms with Crippen LogP contribution in [-0.4, -0.2) is 66.5 Å². The fourth-order valence-electron chi connectivity index (χ4n) is 4.96. The lowest BCUT2D eigenvalue weighted by atomic mass is 10.1. The first kappa shape index (κ1) is 36.6. The molecule has 1 unspecified atom stereocenters. The van der Waals surface area contributed by atoms with Gasteiger partial charge in [0.25, 0.3) is 5.91 Å². The molecule has 4 rings (SSSR count). The highest BCUT2D eigenvalue weighted by atomic mass is 16.6. The lowest BCUT2D eigenvalue weighted by Crippen LogP contribution is -2.46. The minimum absolute atomic E-state index is 0.0984. The van der Waals surface area contributed by atoms with Gasteiger partial charge in [0.15, 0.2) is 6.10 Å². The van der Waals surface area contributed by atoms with Gasteiger partial charge in [0, 0.05) is 18.5 Å². The van der Waals surface area contributed by atoms with Crippen LogP contribution in [0.2, 0.25) is 0 Å². The summed E-state index contributed by atoms with van der Waals surface area (Å²) < 4.78 is 28.3. The van der Waals surface area contributed by atoms with Gasteiger partial charge in [-0.1, -0.05) is 42.5 Å². The summed E-state index contributed by atoms with van der Waals surface area (Å²) >= 11 is 0. The van der Waals surface area contributed by atoms with Gasteiger partial charge in [-0.3, -0.25) is 4.79 Å². The number of ether oxygens (including phenoxy) is 5. The molecule has 0 aromatic heterocycles. The number of rotatable bonds is 10. The molecular formula is C37H46N4O8. The van der Waals surface area contributed by atoms with Crippen molar-refractivity contribution in [1.82, 2.24) is 4.90 Å². The molecule has 0 saturated heterocycles. The van der Waals surface area contributed by atoms with E-state index in [1.54, 1.807) is 65.7 Å². The van der Waals surface area contributed by atoms with E-state index in [0.29, 0.717) is 42.3 Å². The van der Waals surface area contributed by atoms with Gasteiger partial charge >= 0.3 is 12.2 Å². The Morgan fingerprint density at radius 1 is 0.918 bits per heavy atom. The van der Waals surface area contributed by atoms with Crippen molar-refractivity contribution in [1.29, 1.82) is 0 Å². The van der Waals surface area contributed by atoms with Crippen molar-refractivity contribution in [2.75, 3.05) is 25.2 Å². The second-order valence-corrected chi connectivity index (χ2v) is 13.4. The number of aliphatic imine (C=N–C) groups is 1. The first-order chi connectivity index (χ1) is 23.1. The van der Waals surface area contributed by atoms with Crippen molar-refractivity contribution < 1.29 is 38.1 Å². The molecule has 0 spiro atoms.